The van der Waals surface area contributed by atoms with Gasteiger partial charge in [-0.2, -0.15) is 0 Å². The zero-order valence-electron chi connectivity index (χ0n) is 26.4. The van der Waals surface area contributed by atoms with Gasteiger partial charge >= 0.3 is 0 Å². The molecule has 39 heavy (non-hydrogen) atoms. The van der Waals surface area contributed by atoms with E-state index in [9.17, 15) is 0 Å². The summed E-state index contributed by atoms with van der Waals surface area (Å²) in [6.07, 6.45) is 25.0. The molecule has 4 aliphatic rings. The summed E-state index contributed by atoms with van der Waals surface area (Å²) >= 11 is 0. The van der Waals surface area contributed by atoms with Crippen LogP contribution in [0.1, 0.15) is 92.9 Å². The molecule has 0 aromatic heterocycles. The van der Waals surface area contributed by atoms with Crippen molar-refractivity contribution in [1.82, 2.24) is 0 Å². The molecule has 2 nitrogen and oxygen atoms in total. The Bertz CT molecular complexity index is 845. The first-order valence-electron chi connectivity index (χ1n) is 17.0. The summed E-state index contributed by atoms with van der Waals surface area (Å²) < 4.78 is 14.3. The third-order valence-corrected chi connectivity index (χ3v) is 21.4. The lowest BCUT2D eigenvalue weighted by Crippen LogP contribution is -2.47. The average molecular weight is 569 g/mol. The van der Waals surface area contributed by atoms with E-state index in [0.29, 0.717) is 11.8 Å². The maximum absolute atomic E-state index is 7.40. The normalized spacial score (nSPS) is 28.2. The van der Waals surface area contributed by atoms with Crippen molar-refractivity contribution in [2.24, 2.45) is 29.1 Å². The Hall–Kier alpha value is -0.686. The predicted molar refractivity (Wildman–Crippen MR) is 174 cm³/mol. The van der Waals surface area contributed by atoms with E-state index in [4.69, 9.17) is 8.85 Å². The molecule has 4 atom stereocenters. The summed E-state index contributed by atoms with van der Waals surface area (Å²) in [7, 11) is -3.27. The fourth-order valence-corrected chi connectivity index (χ4v) is 14.4. The van der Waals surface area contributed by atoms with E-state index in [2.05, 4.69) is 78.0 Å². The fourth-order valence-electron chi connectivity index (χ4n) is 9.02. The second kappa shape index (κ2) is 14.0. The minimum atomic E-state index is -1.70. The molecule has 4 aliphatic carbocycles. The van der Waals surface area contributed by atoms with Gasteiger partial charge in [0.15, 0.2) is 16.6 Å². The summed E-state index contributed by atoms with van der Waals surface area (Å²) in [6.45, 7) is 16.2. The van der Waals surface area contributed by atoms with Gasteiger partial charge in [-0.1, -0.05) is 89.1 Å². The van der Waals surface area contributed by atoms with Crippen LogP contribution in [0.2, 0.25) is 36.3 Å². The van der Waals surface area contributed by atoms with Crippen LogP contribution in [0.3, 0.4) is 0 Å². The molecular formula is C35H60O2Si2. The van der Waals surface area contributed by atoms with Gasteiger partial charge in [-0.25, -0.2) is 0 Å². The minimum absolute atomic E-state index is 0.202. The van der Waals surface area contributed by atoms with Crippen molar-refractivity contribution in [2.75, 3.05) is 13.2 Å². The molecule has 220 valence electrons. The highest BCUT2D eigenvalue weighted by atomic mass is 28.4. The minimum Gasteiger partial charge on any atom is -0.417 e. The predicted octanol–water partition coefficient (Wildman–Crippen LogP) is 10.6. The highest BCUT2D eigenvalue weighted by molar-refractivity contribution is 6.74. The third kappa shape index (κ3) is 6.39. The molecule has 0 radical (unpaired) electrons. The van der Waals surface area contributed by atoms with Crippen molar-refractivity contribution in [3.8, 4) is 0 Å². The first kappa shape index (κ1) is 31.3. The van der Waals surface area contributed by atoms with Gasteiger partial charge in [0.2, 0.25) is 0 Å². The Morgan fingerprint density at radius 2 is 1.13 bits per heavy atom. The largest absolute Gasteiger partial charge is 0.417 e. The van der Waals surface area contributed by atoms with Gasteiger partial charge in [-0.15, -0.1) is 0 Å². The number of rotatable bonds is 16. The van der Waals surface area contributed by atoms with Crippen molar-refractivity contribution in [2.45, 2.75) is 129 Å². The van der Waals surface area contributed by atoms with E-state index >= 15 is 0 Å². The van der Waals surface area contributed by atoms with E-state index in [1.165, 1.54) is 87.6 Å². The first-order chi connectivity index (χ1) is 19.0. The maximum Gasteiger partial charge on any atom is 0.192 e. The van der Waals surface area contributed by atoms with Gasteiger partial charge < -0.3 is 8.85 Å². The highest BCUT2D eigenvalue weighted by Crippen LogP contribution is 2.60. The molecule has 0 saturated heterocycles. The highest BCUT2D eigenvalue weighted by Gasteiger charge is 2.54. The lowest BCUT2D eigenvalue weighted by atomic mass is 9.60. The molecule has 0 aliphatic heterocycles. The Morgan fingerprint density at radius 3 is 1.59 bits per heavy atom. The summed E-state index contributed by atoms with van der Waals surface area (Å²) in [5, 5.41) is 0. The SMILES string of the molecule is CC[Si](CC)(CC)OCCCC(CO[Si](CC)(CC)CC)(C1CCC2CC=CC=C21)C1CCC2CC=CC=C21. The van der Waals surface area contributed by atoms with Gasteiger partial charge in [0.25, 0.3) is 0 Å². The molecule has 0 N–H and O–H groups in total. The molecule has 4 unspecified atom stereocenters. The van der Waals surface area contributed by atoms with Crippen molar-refractivity contribution in [3.63, 3.8) is 0 Å². The van der Waals surface area contributed by atoms with E-state index in [-0.39, 0.29) is 5.41 Å². The molecule has 0 aromatic carbocycles. The second-order valence-corrected chi connectivity index (χ2v) is 22.8. The fraction of sp³-hybridized carbons (Fsp3) is 0.771. The third-order valence-electron chi connectivity index (χ3n) is 12.1. The van der Waals surface area contributed by atoms with E-state index in [1.807, 2.05) is 0 Å². The summed E-state index contributed by atoms with van der Waals surface area (Å²) in [4.78, 5) is 0. The molecule has 0 bridgehead atoms. The van der Waals surface area contributed by atoms with Crippen LogP contribution in [0, 0.1) is 29.1 Å². The monoisotopic (exact) mass is 568 g/mol. The van der Waals surface area contributed by atoms with Gasteiger partial charge in [0, 0.05) is 18.6 Å². The Kier molecular flexibility index (Phi) is 11.2. The molecule has 4 rings (SSSR count). The Morgan fingerprint density at radius 1 is 0.667 bits per heavy atom. The van der Waals surface area contributed by atoms with Crippen LogP contribution in [-0.2, 0) is 8.85 Å². The molecule has 0 aromatic rings. The standard InChI is InChI=1S/C35H60O2Si2/c1-7-38(8-2,9-3)36-27-17-26-35(28-37-39(10-4,11-5)12-6,33-24-22-29-18-13-15-20-31(29)33)34-25-23-30-19-14-16-21-32(30)34/h13-16,20-21,29-30,33-34H,7-12,17-19,22-28H2,1-6H3. The molecule has 0 spiro atoms. The zero-order valence-corrected chi connectivity index (χ0v) is 28.4. The van der Waals surface area contributed by atoms with E-state index < -0.39 is 16.6 Å². The van der Waals surface area contributed by atoms with E-state index in [0.717, 1.165) is 25.0 Å². The topological polar surface area (TPSA) is 18.5 Å². The maximum atomic E-state index is 7.40. The van der Waals surface area contributed by atoms with Crippen molar-refractivity contribution in [3.05, 3.63) is 47.6 Å². The lowest BCUT2D eigenvalue weighted by Gasteiger charge is -2.48. The lowest BCUT2D eigenvalue weighted by molar-refractivity contribution is 0.0255. The van der Waals surface area contributed by atoms with Gasteiger partial charge in [-0.3, -0.25) is 0 Å². The van der Waals surface area contributed by atoms with Crippen LogP contribution in [0.25, 0.3) is 0 Å². The first-order valence-corrected chi connectivity index (χ1v) is 22.0. The van der Waals surface area contributed by atoms with Crippen molar-refractivity contribution < 1.29 is 8.85 Å². The van der Waals surface area contributed by atoms with Crippen LogP contribution >= 0.6 is 0 Å². The van der Waals surface area contributed by atoms with Crippen molar-refractivity contribution in [1.29, 1.82) is 0 Å². The number of hydrogen-bond acceptors (Lipinski definition) is 2. The summed E-state index contributed by atoms with van der Waals surface area (Å²) in [6, 6.07) is 7.48. The Labute approximate surface area is 244 Å². The molecular weight excluding hydrogens is 509 g/mol. The quantitative estimate of drug-likeness (QED) is 0.136. The van der Waals surface area contributed by atoms with Crippen LogP contribution < -0.4 is 0 Å². The van der Waals surface area contributed by atoms with Crippen LogP contribution in [0.4, 0.5) is 0 Å². The van der Waals surface area contributed by atoms with Crippen LogP contribution in [-0.4, -0.2) is 29.8 Å². The van der Waals surface area contributed by atoms with Gasteiger partial charge in [0.1, 0.15) is 0 Å². The van der Waals surface area contributed by atoms with Crippen molar-refractivity contribution >= 4 is 16.6 Å². The number of fused-ring (bicyclic) bond motifs is 2. The zero-order chi connectivity index (χ0) is 27.9. The molecule has 4 heteroatoms. The summed E-state index contributed by atoms with van der Waals surface area (Å²) in [5.41, 5.74) is 3.75. The second-order valence-electron chi connectivity index (χ2n) is 13.3. The smallest absolute Gasteiger partial charge is 0.192 e. The van der Waals surface area contributed by atoms with Crippen LogP contribution in [0.5, 0.6) is 0 Å². The molecule has 0 heterocycles. The van der Waals surface area contributed by atoms with Gasteiger partial charge in [-0.05, 0) is 111 Å². The average Bonchev–Trinajstić information content (AvgIpc) is 3.63. The Balaban J connectivity index is 1.70. The molecule has 0 amide bonds. The number of allylic oxidation sites excluding steroid dienone is 8. The molecule has 2 saturated carbocycles. The molecule has 2 fully saturated rings. The summed E-state index contributed by atoms with van der Waals surface area (Å²) in [5.74, 6) is 2.84. The number of hydrogen-bond donors (Lipinski definition) is 0. The van der Waals surface area contributed by atoms with Crippen LogP contribution in [0.15, 0.2) is 47.6 Å². The van der Waals surface area contributed by atoms with Gasteiger partial charge in [0.05, 0.1) is 0 Å². The van der Waals surface area contributed by atoms with E-state index in [1.54, 1.807) is 11.1 Å².